The second kappa shape index (κ2) is 9.60. The molecule has 1 aliphatic rings. The van der Waals surface area contributed by atoms with Crippen molar-refractivity contribution in [3.63, 3.8) is 0 Å². The number of anilines is 1. The molecule has 7 heteroatoms. The minimum Gasteiger partial charge on any atom is -0.382 e. The van der Waals surface area contributed by atoms with E-state index in [2.05, 4.69) is 46.3 Å². The number of aliphatic hydroxyl groups is 1. The maximum Gasteiger partial charge on any atom is 0.139 e. The summed E-state index contributed by atoms with van der Waals surface area (Å²) in [5.74, 6) is 0.977. The highest BCUT2D eigenvalue weighted by atomic mass is 19.1. The van der Waals surface area contributed by atoms with Gasteiger partial charge in [-0.3, -0.25) is 0 Å². The maximum absolute atomic E-state index is 13.6. The van der Waals surface area contributed by atoms with Crippen LogP contribution in [-0.4, -0.2) is 45.1 Å². The van der Waals surface area contributed by atoms with Crippen molar-refractivity contribution in [1.29, 1.82) is 0 Å². The first-order chi connectivity index (χ1) is 16.9. The molecule has 0 aliphatic carbocycles. The summed E-state index contributed by atoms with van der Waals surface area (Å²) in [6.45, 7) is 3.67. The van der Waals surface area contributed by atoms with Gasteiger partial charge in [0.1, 0.15) is 23.1 Å². The van der Waals surface area contributed by atoms with Crippen molar-refractivity contribution in [2.45, 2.75) is 31.4 Å². The van der Waals surface area contributed by atoms with Crippen molar-refractivity contribution in [3.8, 4) is 22.5 Å². The van der Waals surface area contributed by atoms with Crippen molar-refractivity contribution in [1.82, 2.24) is 19.9 Å². The first-order valence-corrected chi connectivity index (χ1v) is 12.0. The van der Waals surface area contributed by atoms with E-state index in [0.717, 1.165) is 35.7 Å². The van der Waals surface area contributed by atoms with Crippen molar-refractivity contribution < 1.29 is 9.50 Å². The number of hydrogen-bond acceptors (Lipinski definition) is 5. The van der Waals surface area contributed by atoms with Gasteiger partial charge in [0.25, 0.3) is 0 Å². The van der Waals surface area contributed by atoms with Crippen LogP contribution < -0.4 is 5.32 Å². The first-order valence-electron chi connectivity index (χ1n) is 12.0. The molecule has 3 heterocycles. The van der Waals surface area contributed by atoms with Crippen LogP contribution in [0.2, 0.25) is 0 Å². The molecule has 2 aromatic heterocycles. The molecule has 2 aromatic carbocycles. The van der Waals surface area contributed by atoms with Crippen LogP contribution in [0.25, 0.3) is 22.5 Å². The van der Waals surface area contributed by atoms with Crippen molar-refractivity contribution >= 4 is 5.82 Å². The van der Waals surface area contributed by atoms with Gasteiger partial charge in [-0.05, 0) is 68.8 Å². The maximum atomic E-state index is 13.6. The molecule has 1 saturated heterocycles. The van der Waals surface area contributed by atoms with Crippen molar-refractivity contribution in [2.75, 3.05) is 25.5 Å². The number of H-pyrrole nitrogens is 1. The molecule has 180 valence electrons. The average molecular weight is 472 g/mol. The number of aromatic amines is 1. The summed E-state index contributed by atoms with van der Waals surface area (Å²) in [6, 6.07) is 20.5. The molecule has 0 spiro atoms. The summed E-state index contributed by atoms with van der Waals surface area (Å²) in [6.07, 6.45) is 2.94. The summed E-state index contributed by atoms with van der Waals surface area (Å²) >= 11 is 0. The first kappa shape index (κ1) is 23.2. The van der Waals surface area contributed by atoms with Gasteiger partial charge in [0.15, 0.2) is 0 Å². The number of nitrogens with zero attached hydrogens (tertiary/aromatic N) is 3. The molecule has 0 saturated carbocycles. The van der Waals surface area contributed by atoms with Gasteiger partial charge in [-0.25, -0.2) is 14.4 Å². The standard InChI is InChI=1S/C28H30FN5O/c1-19(20-6-4-3-5-7-20)31-24-18-22(12-15-30-24)26-25(21-8-10-23(29)11-9-21)32-27(33-26)28(35)13-16-34(2)17-14-28/h3-12,15,18-19,35H,13-14,16-17H2,1-2H3,(H,30,31)(H,32,33)/t19-/m0/s1. The largest absolute Gasteiger partial charge is 0.382 e. The number of aromatic nitrogens is 3. The fourth-order valence-corrected chi connectivity index (χ4v) is 4.56. The summed E-state index contributed by atoms with van der Waals surface area (Å²) < 4.78 is 13.6. The molecule has 1 atom stereocenters. The minimum atomic E-state index is -1.03. The number of halogens is 1. The van der Waals surface area contributed by atoms with Crippen LogP contribution in [0.5, 0.6) is 0 Å². The van der Waals surface area contributed by atoms with Gasteiger partial charge in [-0.1, -0.05) is 30.3 Å². The number of imidazole rings is 1. The predicted molar refractivity (Wildman–Crippen MR) is 136 cm³/mol. The number of pyridine rings is 1. The number of benzene rings is 2. The number of likely N-dealkylation sites (tertiary alicyclic amines) is 1. The van der Waals surface area contributed by atoms with Crippen LogP contribution in [0.15, 0.2) is 72.9 Å². The summed E-state index contributed by atoms with van der Waals surface area (Å²) in [4.78, 5) is 15.0. The van der Waals surface area contributed by atoms with Crippen LogP contribution in [0.3, 0.4) is 0 Å². The molecule has 0 unspecified atom stereocenters. The Morgan fingerprint density at radius 1 is 1.03 bits per heavy atom. The van der Waals surface area contributed by atoms with Gasteiger partial charge in [0.05, 0.1) is 11.4 Å². The topological polar surface area (TPSA) is 77.1 Å². The van der Waals surface area contributed by atoms with E-state index in [1.807, 2.05) is 30.3 Å². The zero-order chi connectivity index (χ0) is 24.4. The fraction of sp³-hybridized carbons (Fsp3) is 0.286. The van der Waals surface area contributed by atoms with Crippen molar-refractivity contribution in [3.05, 3.63) is 90.1 Å². The Balaban J connectivity index is 1.52. The number of rotatable bonds is 6. The zero-order valence-corrected chi connectivity index (χ0v) is 20.0. The lowest BCUT2D eigenvalue weighted by molar-refractivity contribution is -0.0269. The van der Waals surface area contributed by atoms with Crippen LogP contribution in [-0.2, 0) is 5.60 Å². The highest BCUT2D eigenvalue weighted by molar-refractivity contribution is 5.79. The van der Waals surface area contributed by atoms with E-state index in [4.69, 9.17) is 4.98 Å². The van der Waals surface area contributed by atoms with E-state index in [1.54, 1.807) is 18.3 Å². The third-order valence-electron chi connectivity index (χ3n) is 6.79. The van der Waals surface area contributed by atoms with E-state index >= 15 is 0 Å². The molecule has 0 radical (unpaired) electrons. The molecule has 5 rings (SSSR count). The molecule has 6 nitrogen and oxygen atoms in total. The van der Waals surface area contributed by atoms with Crippen LogP contribution in [0.1, 0.15) is 37.2 Å². The van der Waals surface area contributed by atoms with Gasteiger partial charge in [-0.15, -0.1) is 0 Å². The Morgan fingerprint density at radius 3 is 2.46 bits per heavy atom. The zero-order valence-electron chi connectivity index (χ0n) is 20.0. The lowest BCUT2D eigenvalue weighted by Gasteiger charge is -2.35. The van der Waals surface area contributed by atoms with E-state index in [1.165, 1.54) is 17.7 Å². The molecule has 1 fully saturated rings. The minimum absolute atomic E-state index is 0.0743. The van der Waals surface area contributed by atoms with Crippen LogP contribution >= 0.6 is 0 Å². The molecule has 3 N–H and O–H groups in total. The van der Waals surface area contributed by atoms with Crippen molar-refractivity contribution in [2.24, 2.45) is 0 Å². The second-order valence-corrected chi connectivity index (χ2v) is 9.36. The van der Waals surface area contributed by atoms with Gasteiger partial charge in [-0.2, -0.15) is 0 Å². The highest BCUT2D eigenvalue weighted by Crippen LogP contribution is 2.37. The molecule has 4 aromatic rings. The van der Waals surface area contributed by atoms with Crippen LogP contribution in [0, 0.1) is 5.82 Å². The number of piperidine rings is 1. The van der Waals surface area contributed by atoms with Gasteiger partial charge >= 0.3 is 0 Å². The molecular formula is C28H30FN5O. The lowest BCUT2D eigenvalue weighted by Crippen LogP contribution is -2.41. The van der Waals surface area contributed by atoms with E-state index in [-0.39, 0.29) is 11.9 Å². The monoisotopic (exact) mass is 471 g/mol. The third-order valence-corrected chi connectivity index (χ3v) is 6.79. The Bertz CT molecular complexity index is 1280. The lowest BCUT2D eigenvalue weighted by atomic mass is 9.91. The van der Waals surface area contributed by atoms with E-state index in [0.29, 0.717) is 24.4 Å². The summed E-state index contributed by atoms with van der Waals surface area (Å²) in [7, 11) is 2.05. The Hall–Kier alpha value is -3.55. The molecule has 0 amide bonds. The Labute approximate surface area is 204 Å². The SMILES string of the molecule is C[C@H](Nc1cc(-c2nc(C3(O)CCN(C)CC3)[nH]c2-c2ccc(F)cc2)ccn1)c1ccccc1. The van der Waals surface area contributed by atoms with E-state index < -0.39 is 5.60 Å². The van der Waals surface area contributed by atoms with Gasteiger partial charge in [0.2, 0.25) is 0 Å². The normalized spacial score (nSPS) is 16.7. The second-order valence-electron chi connectivity index (χ2n) is 9.36. The average Bonchev–Trinajstić information content (AvgIpc) is 3.34. The Morgan fingerprint density at radius 2 is 1.74 bits per heavy atom. The number of hydrogen-bond donors (Lipinski definition) is 3. The smallest absolute Gasteiger partial charge is 0.139 e. The third kappa shape index (κ3) is 4.97. The number of nitrogens with one attached hydrogen (secondary N) is 2. The fourth-order valence-electron chi connectivity index (χ4n) is 4.56. The Kier molecular flexibility index (Phi) is 6.36. The highest BCUT2D eigenvalue weighted by Gasteiger charge is 2.37. The molecular weight excluding hydrogens is 441 g/mol. The quantitative estimate of drug-likeness (QED) is 0.353. The van der Waals surface area contributed by atoms with E-state index in [9.17, 15) is 9.50 Å². The van der Waals surface area contributed by atoms with Crippen LogP contribution in [0.4, 0.5) is 10.2 Å². The molecule has 35 heavy (non-hydrogen) atoms. The molecule has 1 aliphatic heterocycles. The molecule has 0 bridgehead atoms. The summed E-state index contributed by atoms with van der Waals surface area (Å²) in [5, 5.41) is 14.9. The van der Waals surface area contributed by atoms with Gasteiger partial charge < -0.3 is 20.3 Å². The van der Waals surface area contributed by atoms with Gasteiger partial charge in [0, 0.05) is 36.5 Å². The summed E-state index contributed by atoms with van der Waals surface area (Å²) in [5.41, 5.74) is 3.26. The predicted octanol–water partition coefficient (Wildman–Crippen LogP) is 5.36.